The Morgan fingerprint density at radius 2 is 1.56 bits per heavy atom. The van der Waals surface area contributed by atoms with Crippen LogP contribution in [0, 0.1) is 5.41 Å². The zero-order valence-electron chi connectivity index (χ0n) is 8.48. The fourth-order valence-electron chi connectivity index (χ4n) is 0.264. The summed E-state index contributed by atoms with van der Waals surface area (Å²) in [5.74, 6) is 0. The fourth-order valence-corrected chi connectivity index (χ4v) is 0.264. The molecule has 10 nitrogen and oxygen atoms in total. The maximum absolute atomic E-state index is 9.62. The molecule has 0 unspecified atom stereocenters. The van der Waals surface area contributed by atoms with Gasteiger partial charge < -0.3 is 21.9 Å². The van der Waals surface area contributed by atoms with E-state index in [0.29, 0.717) is 6.61 Å². The van der Waals surface area contributed by atoms with Gasteiger partial charge in [0.15, 0.2) is 0 Å². The van der Waals surface area contributed by atoms with Crippen molar-refractivity contribution in [2.75, 3.05) is 6.61 Å². The summed E-state index contributed by atoms with van der Waals surface area (Å²) in [5, 5.41) is 6.99. The smallest absolute Gasteiger partial charge is 0.404 e. The second kappa shape index (κ2) is 14.9. The van der Waals surface area contributed by atoms with Crippen molar-refractivity contribution in [3.8, 4) is 0 Å². The first-order valence-electron chi connectivity index (χ1n) is 3.63. The Balaban J connectivity index is -0.000000172. The number of nitrogens with one attached hydrogen (secondary N) is 2. The van der Waals surface area contributed by atoms with E-state index in [4.69, 9.17) is 10.2 Å². The van der Waals surface area contributed by atoms with E-state index in [1.54, 1.807) is 12.2 Å². The van der Waals surface area contributed by atoms with Crippen molar-refractivity contribution < 1.29 is 23.9 Å². The van der Waals surface area contributed by atoms with Gasteiger partial charge in [0.1, 0.15) is 0 Å². The van der Waals surface area contributed by atoms with Gasteiger partial charge >= 0.3 is 18.2 Å². The lowest BCUT2D eigenvalue weighted by Gasteiger charge is -1.89. The highest BCUT2D eigenvalue weighted by atomic mass is 16.5. The van der Waals surface area contributed by atoms with E-state index in [1.807, 2.05) is 0 Å². The third-order valence-electron chi connectivity index (χ3n) is 0.533. The summed E-state index contributed by atoms with van der Waals surface area (Å²) < 4.78 is 4.18. The minimum absolute atomic E-state index is 0.356. The summed E-state index contributed by atoms with van der Waals surface area (Å²) in [6.45, 7) is 2.06. The average Bonchev–Trinajstić information content (AvgIpc) is 2.02. The van der Waals surface area contributed by atoms with Crippen molar-refractivity contribution in [2.45, 2.75) is 6.92 Å². The van der Waals surface area contributed by atoms with E-state index in [1.165, 1.54) is 0 Å². The van der Waals surface area contributed by atoms with Gasteiger partial charge in [-0.25, -0.2) is 24.6 Å². The largest absolute Gasteiger partial charge is 0.450 e. The number of nitrogens with two attached hydrogens (primary N) is 3. The van der Waals surface area contributed by atoms with Crippen LogP contribution in [0.25, 0.3) is 0 Å². The molecule has 0 aliphatic heterocycles. The molecule has 0 aromatic heterocycles. The predicted octanol–water partition coefficient (Wildman–Crippen LogP) is -1.26. The first kappa shape index (κ1) is 19.0. The number of amides is 5. The molecule has 0 fully saturated rings. The summed E-state index contributed by atoms with van der Waals surface area (Å²) in [6, 6.07) is -1.88. The van der Waals surface area contributed by atoms with Gasteiger partial charge in [0.25, 0.3) is 0 Å². The van der Waals surface area contributed by atoms with Crippen LogP contribution in [-0.4, -0.2) is 30.8 Å². The Hall–Kier alpha value is -2.61. The molecule has 10 heteroatoms. The first-order chi connectivity index (χ1) is 7.31. The minimum Gasteiger partial charge on any atom is -0.450 e. The van der Waals surface area contributed by atoms with Crippen LogP contribution in [0.2, 0.25) is 0 Å². The highest BCUT2D eigenvalue weighted by molar-refractivity contribution is 5.91. The normalized spacial score (nSPS) is 6.56. The number of carbonyl (C=O) groups is 3. The summed E-state index contributed by atoms with van der Waals surface area (Å²) in [7, 11) is 0. The Labute approximate surface area is 90.6 Å². The molecule has 92 valence electrons. The number of rotatable bonds is 1. The van der Waals surface area contributed by atoms with Gasteiger partial charge in [-0.05, 0) is 6.92 Å². The van der Waals surface area contributed by atoms with Gasteiger partial charge in [-0.3, -0.25) is 5.32 Å². The van der Waals surface area contributed by atoms with Gasteiger partial charge in [0.2, 0.25) is 6.08 Å². The molecule has 0 bridgehead atoms. The second-order valence-electron chi connectivity index (χ2n) is 1.71. The maximum Gasteiger partial charge on any atom is 0.404 e. The number of ether oxygens (including phenoxy) is 1. The summed E-state index contributed by atoms with van der Waals surface area (Å²) in [4.78, 5) is 37.2. The van der Waals surface area contributed by atoms with Crippen LogP contribution < -0.4 is 22.5 Å². The number of isocyanates is 1. The number of hydrogen-bond donors (Lipinski definition) is 5. The molecule has 0 rings (SSSR count). The Morgan fingerprint density at radius 1 is 1.25 bits per heavy atom. The van der Waals surface area contributed by atoms with E-state index in [-0.39, 0.29) is 0 Å². The summed E-state index contributed by atoms with van der Waals surface area (Å²) in [5.41, 5.74) is 13.4. The molecule has 5 amide bonds. The van der Waals surface area contributed by atoms with E-state index >= 15 is 0 Å². The van der Waals surface area contributed by atoms with Crippen molar-refractivity contribution in [3.05, 3.63) is 0 Å². The number of urea groups is 2. The maximum atomic E-state index is 9.62. The highest BCUT2D eigenvalue weighted by Gasteiger charge is 1.92. The lowest BCUT2D eigenvalue weighted by molar-refractivity contribution is 0.163. The van der Waals surface area contributed by atoms with Crippen molar-refractivity contribution >= 4 is 24.2 Å². The quantitative estimate of drug-likeness (QED) is 0.279. The van der Waals surface area contributed by atoms with E-state index < -0.39 is 18.2 Å². The molecule has 0 saturated carbocycles. The van der Waals surface area contributed by atoms with Gasteiger partial charge in [0, 0.05) is 0 Å². The lowest BCUT2D eigenvalue weighted by Crippen LogP contribution is -2.38. The molecule has 8 N–H and O–H groups in total. The number of primary amides is 3. The number of imide groups is 1. The molecule has 0 atom stereocenters. The third kappa shape index (κ3) is 63.8. The molecule has 16 heavy (non-hydrogen) atoms. The van der Waals surface area contributed by atoms with Gasteiger partial charge in [-0.2, -0.15) is 0 Å². The van der Waals surface area contributed by atoms with Crippen LogP contribution in [0.15, 0.2) is 0 Å². The van der Waals surface area contributed by atoms with Crippen LogP contribution >= 0.6 is 0 Å². The second-order valence-corrected chi connectivity index (χ2v) is 1.71. The van der Waals surface area contributed by atoms with Crippen molar-refractivity contribution in [2.24, 2.45) is 17.2 Å². The molecule has 0 aliphatic carbocycles. The molecule has 0 heterocycles. The lowest BCUT2D eigenvalue weighted by atomic mass is 10.9. The first-order valence-corrected chi connectivity index (χ1v) is 3.63. The standard InChI is InChI=1S/C3H7NO2.C2H5N3O2.CHNO/c1-2-6-3(4)5;3-1(6)5-2(4)7;2-1-3/h2H2,1H3,(H2,4,5);(H5,3,4,5,6,7);2H. The third-order valence-corrected chi connectivity index (χ3v) is 0.533. The van der Waals surface area contributed by atoms with Gasteiger partial charge in [-0.15, -0.1) is 0 Å². The molecular weight excluding hydrogens is 222 g/mol. The average molecular weight is 235 g/mol. The van der Waals surface area contributed by atoms with Crippen molar-refractivity contribution in [1.82, 2.24) is 5.32 Å². The highest BCUT2D eigenvalue weighted by Crippen LogP contribution is 1.66. The molecule has 0 aromatic rings. The van der Waals surface area contributed by atoms with Crippen molar-refractivity contribution in [1.29, 1.82) is 5.41 Å². The van der Waals surface area contributed by atoms with Crippen molar-refractivity contribution in [3.63, 3.8) is 0 Å². The molecule has 0 radical (unpaired) electrons. The SMILES string of the molecule is CCOC(N)=O.N=C=O.NC(=O)NC(N)=O. The Kier molecular flexibility index (Phi) is 17.7. The summed E-state index contributed by atoms with van der Waals surface area (Å²) >= 11 is 0. The minimum atomic E-state index is -0.938. The van der Waals surface area contributed by atoms with E-state index in [9.17, 15) is 14.4 Å². The Morgan fingerprint density at radius 3 is 1.56 bits per heavy atom. The van der Waals surface area contributed by atoms with E-state index in [0.717, 1.165) is 6.08 Å². The van der Waals surface area contributed by atoms with Gasteiger partial charge in [0.05, 0.1) is 6.61 Å². The summed E-state index contributed by atoms with van der Waals surface area (Å²) in [6.07, 6.45) is 0.0394. The zero-order chi connectivity index (χ0) is 13.6. The number of hydrogen-bond acceptors (Lipinski definition) is 6. The monoisotopic (exact) mass is 235 g/mol. The zero-order valence-corrected chi connectivity index (χ0v) is 8.48. The van der Waals surface area contributed by atoms with Gasteiger partial charge in [-0.1, -0.05) is 0 Å². The molecule has 0 aromatic carbocycles. The van der Waals surface area contributed by atoms with Crippen LogP contribution in [0.5, 0.6) is 0 Å². The van der Waals surface area contributed by atoms with Crippen LogP contribution in [0.1, 0.15) is 6.92 Å². The predicted molar refractivity (Wildman–Crippen MR) is 51.9 cm³/mol. The Bertz CT molecular complexity index is 248. The number of carbonyl (C=O) groups excluding carboxylic acids is 4. The molecule has 0 saturated heterocycles. The van der Waals surface area contributed by atoms with E-state index in [2.05, 4.69) is 21.9 Å². The van der Waals surface area contributed by atoms with Crippen LogP contribution in [0.4, 0.5) is 14.4 Å². The fraction of sp³-hybridized carbons (Fsp3) is 0.333. The topological polar surface area (TPSA) is 191 Å². The molecule has 0 spiro atoms. The molecular formula is C6H13N5O5. The van der Waals surface area contributed by atoms with Crippen LogP contribution in [0.3, 0.4) is 0 Å². The molecule has 0 aliphatic rings. The van der Waals surface area contributed by atoms with Crippen LogP contribution in [-0.2, 0) is 9.53 Å².